The van der Waals surface area contributed by atoms with Gasteiger partial charge in [-0.1, -0.05) is 13.8 Å². The Kier molecular flexibility index (Phi) is 3.73. The number of carbonyl (C=O) groups excluding carboxylic acids is 1. The summed E-state index contributed by atoms with van der Waals surface area (Å²) in [5.74, 6) is 1.87. The van der Waals surface area contributed by atoms with Gasteiger partial charge in [-0.2, -0.15) is 0 Å². The monoisotopic (exact) mass is 168 g/mol. The zero-order valence-electron chi connectivity index (χ0n) is 8.10. The van der Waals surface area contributed by atoms with Gasteiger partial charge in [0.05, 0.1) is 0 Å². The van der Waals surface area contributed by atoms with E-state index in [4.69, 9.17) is 0 Å². The van der Waals surface area contributed by atoms with Crippen LogP contribution in [0.5, 0.6) is 0 Å². The average molecular weight is 168 g/mol. The SMILES string of the molecule is C[C](C)CN1CCCC(=O)CC1. The Morgan fingerprint density at radius 1 is 1.33 bits per heavy atom. The van der Waals surface area contributed by atoms with E-state index in [1.165, 1.54) is 5.92 Å². The van der Waals surface area contributed by atoms with Crippen molar-refractivity contribution >= 4 is 5.78 Å². The summed E-state index contributed by atoms with van der Waals surface area (Å²) in [5, 5.41) is 0. The molecule has 1 saturated heterocycles. The number of rotatable bonds is 2. The molecule has 69 valence electrons. The quantitative estimate of drug-likeness (QED) is 0.625. The molecule has 0 bridgehead atoms. The smallest absolute Gasteiger partial charge is 0.134 e. The Bertz CT molecular complexity index is 154. The van der Waals surface area contributed by atoms with Crippen LogP contribution < -0.4 is 0 Å². The van der Waals surface area contributed by atoms with E-state index in [0.29, 0.717) is 5.78 Å². The molecule has 0 aromatic rings. The molecule has 1 aliphatic rings. The number of Topliss-reactive ketones (excluding diaryl/α,β-unsaturated/α-hetero) is 1. The highest BCUT2D eigenvalue weighted by atomic mass is 16.1. The van der Waals surface area contributed by atoms with Crippen LogP contribution >= 0.6 is 0 Å². The molecule has 12 heavy (non-hydrogen) atoms. The van der Waals surface area contributed by atoms with E-state index < -0.39 is 0 Å². The first kappa shape index (κ1) is 9.72. The van der Waals surface area contributed by atoms with Crippen molar-refractivity contribution in [1.29, 1.82) is 0 Å². The predicted molar refractivity (Wildman–Crippen MR) is 49.9 cm³/mol. The standard InChI is InChI=1S/C10H18NO/c1-9(2)8-11-6-3-4-10(12)5-7-11/h3-8H2,1-2H3. The van der Waals surface area contributed by atoms with Crippen LogP contribution in [0.2, 0.25) is 0 Å². The lowest BCUT2D eigenvalue weighted by atomic mass is 10.2. The molecule has 0 aliphatic carbocycles. The van der Waals surface area contributed by atoms with Gasteiger partial charge in [-0.15, -0.1) is 0 Å². The molecule has 1 aliphatic heterocycles. The Labute approximate surface area is 74.9 Å². The maximum absolute atomic E-state index is 11.1. The fourth-order valence-corrected chi connectivity index (χ4v) is 1.62. The minimum Gasteiger partial charge on any atom is -0.302 e. The Morgan fingerprint density at radius 2 is 2.08 bits per heavy atom. The summed E-state index contributed by atoms with van der Waals surface area (Å²) in [6, 6.07) is 0. The van der Waals surface area contributed by atoms with E-state index >= 15 is 0 Å². The van der Waals surface area contributed by atoms with Crippen molar-refractivity contribution in [2.24, 2.45) is 0 Å². The zero-order valence-corrected chi connectivity index (χ0v) is 8.10. The molecule has 2 heteroatoms. The molecule has 2 nitrogen and oxygen atoms in total. The first-order valence-corrected chi connectivity index (χ1v) is 4.71. The van der Waals surface area contributed by atoms with Gasteiger partial charge >= 0.3 is 0 Å². The number of nitrogens with zero attached hydrogens (tertiary/aromatic N) is 1. The van der Waals surface area contributed by atoms with Crippen LogP contribution in [-0.4, -0.2) is 30.3 Å². The summed E-state index contributed by atoms with van der Waals surface area (Å²) in [4.78, 5) is 13.5. The molecule has 1 heterocycles. The third-order valence-corrected chi connectivity index (χ3v) is 2.18. The van der Waals surface area contributed by atoms with Crippen LogP contribution in [0.25, 0.3) is 0 Å². The van der Waals surface area contributed by atoms with E-state index in [-0.39, 0.29) is 0 Å². The second kappa shape index (κ2) is 4.61. The lowest BCUT2D eigenvalue weighted by Gasteiger charge is -2.20. The van der Waals surface area contributed by atoms with Gasteiger partial charge in [-0.05, 0) is 18.9 Å². The molecule has 0 unspecified atom stereocenters. The lowest BCUT2D eigenvalue weighted by Crippen LogP contribution is -2.28. The molecule has 0 aromatic carbocycles. The zero-order chi connectivity index (χ0) is 8.97. The minimum atomic E-state index is 0.436. The first-order valence-electron chi connectivity index (χ1n) is 4.71. The fraction of sp³-hybridized carbons (Fsp3) is 0.800. The Morgan fingerprint density at radius 3 is 2.75 bits per heavy atom. The minimum absolute atomic E-state index is 0.436. The molecule has 0 saturated carbocycles. The molecular formula is C10H18NO. The van der Waals surface area contributed by atoms with Gasteiger partial charge in [0, 0.05) is 25.9 Å². The number of carbonyl (C=O) groups is 1. The Hall–Kier alpha value is -0.370. The molecule has 0 N–H and O–H groups in total. The summed E-state index contributed by atoms with van der Waals surface area (Å²) >= 11 is 0. The van der Waals surface area contributed by atoms with Gasteiger partial charge in [0.15, 0.2) is 0 Å². The summed E-state index contributed by atoms with van der Waals surface area (Å²) in [6.07, 6.45) is 2.60. The largest absolute Gasteiger partial charge is 0.302 e. The Balaban J connectivity index is 2.30. The highest BCUT2D eigenvalue weighted by Gasteiger charge is 2.14. The number of hydrogen-bond donors (Lipinski definition) is 0. The maximum Gasteiger partial charge on any atom is 0.134 e. The lowest BCUT2D eigenvalue weighted by molar-refractivity contribution is -0.118. The summed E-state index contributed by atoms with van der Waals surface area (Å²) < 4.78 is 0. The van der Waals surface area contributed by atoms with E-state index in [1.807, 2.05) is 0 Å². The molecule has 1 fully saturated rings. The number of likely N-dealkylation sites (tertiary alicyclic amines) is 1. The number of hydrogen-bond acceptors (Lipinski definition) is 2. The molecular weight excluding hydrogens is 150 g/mol. The fourth-order valence-electron chi connectivity index (χ4n) is 1.62. The normalized spacial score (nSPS) is 21.4. The molecule has 0 spiro atoms. The summed E-state index contributed by atoms with van der Waals surface area (Å²) in [6.45, 7) is 7.41. The van der Waals surface area contributed by atoms with Crippen LogP contribution in [0.3, 0.4) is 0 Å². The highest BCUT2D eigenvalue weighted by Crippen LogP contribution is 2.09. The molecule has 1 rings (SSSR count). The van der Waals surface area contributed by atoms with Crippen molar-refractivity contribution in [2.75, 3.05) is 19.6 Å². The van der Waals surface area contributed by atoms with Crippen molar-refractivity contribution < 1.29 is 4.79 Å². The van der Waals surface area contributed by atoms with Crippen molar-refractivity contribution in [3.63, 3.8) is 0 Å². The van der Waals surface area contributed by atoms with Crippen molar-refractivity contribution in [1.82, 2.24) is 4.90 Å². The van der Waals surface area contributed by atoms with Crippen LogP contribution in [0, 0.1) is 5.92 Å². The first-order chi connectivity index (χ1) is 5.68. The van der Waals surface area contributed by atoms with Crippen LogP contribution in [0.4, 0.5) is 0 Å². The van der Waals surface area contributed by atoms with E-state index in [9.17, 15) is 4.79 Å². The number of ketones is 1. The average Bonchev–Trinajstić information content (AvgIpc) is 2.15. The molecule has 0 amide bonds. The third kappa shape index (κ3) is 3.35. The predicted octanol–water partition coefficient (Wildman–Crippen LogP) is 1.66. The highest BCUT2D eigenvalue weighted by molar-refractivity contribution is 5.78. The van der Waals surface area contributed by atoms with E-state index in [2.05, 4.69) is 18.7 Å². The topological polar surface area (TPSA) is 20.3 Å². The van der Waals surface area contributed by atoms with Crippen molar-refractivity contribution in [2.45, 2.75) is 33.1 Å². The van der Waals surface area contributed by atoms with Crippen LogP contribution in [0.1, 0.15) is 33.1 Å². The van der Waals surface area contributed by atoms with Gasteiger partial charge in [0.1, 0.15) is 5.78 Å². The molecule has 1 radical (unpaired) electrons. The second-order valence-corrected chi connectivity index (χ2v) is 3.88. The molecule has 0 aromatic heterocycles. The van der Waals surface area contributed by atoms with E-state index in [0.717, 1.165) is 38.9 Å². The second-order valence-electron chi connectivity index (χ2n) is 3.88. The van der Waals surface area contributed by atoms with Crippen LogP contribution in [0.15, 0.2) is 0 Å². The van der Waals surface area contributed by atoms with E-state index in [1.54, 1.807) is 0 Å². The van der Waals surface area contributed by atoms with Crippen molar-refractivity contribution in [3.05, 3.63) is 5.92 Å². The third-order valence-electron chi connectivity index (χ3n) is 2.18. The van der Waals surface area contributed by atoms with Gasteiger partial charge in [0.2, 0.25) is 0 Å². The van der Waals surface area contributed by atoms with Crippen molar-refractivity contribution in [3.8, 4) is 0 Å². The van der Waals surface area contributed by atoms with Gasteiger partial charge in [0.25, 0.3) is 0 Å². The maximum atomic E-state index is 11.1. The summed E-state index contributed by atoms with van der Waals surface area (Å²) in [5.41, 5.74) is 0. The van der Waals surface area contributed by atoms with Gasteiger partial charge < -0.3 is 4.90 Å². The molecule has 0 atom stereocenters. The summed E-state index contributed by atoms with van der Waals surface area (Å²) in [7, 11) is 0. The van der Waals surface area contributed by atoms with Gasteiger partial charge in [-0.3, -0.25) is 4.79 Å². The van der Waals surface area contributed by atoms with Crippen LogP contribution in [-0.2, 0) is 4.79 Å². The van der Waals surface area contributed by atoms with Gasteiger partial charge in [-0.25, -0.2) is 0 Å².